The molecule has 31 heavy (non-hydrogen) atoms. The molecule has 3 aromatic rings. The van der Waals surface area contributed by atoms with Crippen molar-refractivity contribution in [2.24, 2.45) is 5.92 Å². The number of hydrogen-bond donors (Lipinski definition) is 1. The van der Waals surface area contributed by atoms with Crippen molar-refractivity contribution in [2.75, 3.05) is 5.75 Å². The second kappa shape index (κ2) is 9.73. The van der Waals surface area contributed by atoms with Gasteiger partial charge in [0.05, 0.1) is 11.8 Å². The standard InChI is InChI=1S/C22H21Cl2N5OS/c1-14(2)22(3,13-25)26-19(30)12-31-21-28-27-20(15-4-6-16(23)7-5-15)29(21)18-10-8-17(24)9-11-18/h4-11,14H,12H2,1-3H3,(H,26,30). The summed E-state index contributed by atoms with van der Waals surface area (Å²) in [6.45, 7) is 5.51. The number of amides is 1. The van der Waals surface area contributed by atoms with Crippen LogP contribution in [0, 0.1) is 17.2 Å². The predicted octanol–water partition coefficient (Wildman–Crippen LogP) is 5.39. The van der Waals surface area contributed by atoms with Crippen LogP contribution < -0.4 is 5.32 Å². The van der Waals surface area contributed by atoms with Gasteiger partial charge in [0.25, 0.3) is 0 Å². The number of rotatable bonds is 7. The molecule has 1 heterocycles. The first kappa shape index (κ1) is 23.1. The first-order chi connectivity index (χ1) is 14.7. The third-order valence-electron chi connectivity index (χ3n) is 4.94. The van der Waals surface area contributed by atoms with Gasteiger partial charge < -0.3 is 5.32 Å². The molecule has 0 fully saturated rings. The monoisotopic (exact) mass is 473 g/mol. The van der Waals surface area contributed by atoms with E-state index in [1.54, 1.807) is 31.2 Å². The molecule has 0 aliphatic carbocycles. The van der Waals surface area contributed by atoms with E-state index < -0.39 is 5.54 Å². The molecule has 6 nitrogen and oxygen atoms in total. The van der Waals surface area contributed by atoms with E-state index in [2.05, 4.69) is 21.6 Å². The van der Waals surface area contributed by atoms with E-state index in [1.807, 2.05) is 42.7 Å². The number of benzene rings is 2. The molecule has 0 saturated heterocycles. The molecular formula is C22H21Cl2N5OS. The van der Waals surface area contributed by atoms with Gasteiger partial charge in [-0.05, 0) is 61.4 Å². The van der Waals surface area contributed by atoms with Gasteiger partial charge in [-0.3, -0.25) is 9.36 Å². The largest absolute Gasteiger partial charge is 0.337 e. The van der Waals surface area contributed by atoms with Crippen molar-refractivity contribution in [2.45, 2.75) is 31.5 Å². The molecule has 160 valence electrons. The van der Waals surface area contributed by atoms with Gasteiger partial charge in [-0.15, -0.1) is 10.2 Å². The van der Waals surface area contributed by atoms with Crippen molar-refractivity contribution in [3.63, 3.8) is 0 Å². The first-order valence-corrected chi connectivity index (χ1v) is 11.3. The van der Waals surface area contributed by atoms with Crippen LogP contribution in [-0.2, 0) is 4.79 Å². The average Bonchev–Trinajstić information content (AvgIpc) is 3.17. The Morgan fingerprint density at radius 3 is 2.26 bits per heavy atom. The van der Waals surface area contributed by atoms with Gasteiger partial charge in [0.1, 0.15) is 5.54 Å². The van der Waals surface area contributed by atoms with E-state index in [9.17, 15) is 10.1 Å². The minimum absolute atomic E-state index is 0.0272. The van der Waals surface area contributed by atoms with E-state index in [0.717, 1.165) is 11.3 Å². The van der Waals surface area contributed by atoms with E-state index in [1.165, 1.54) is 11.8 Å². The zero-order valence-electron chi connectivity index (χ0n) is 17.3. The Bertz CT molecular complexity index is 1110. The van der Waals surface area contributed by atoms with Gasteiger partial charge in [-0.25, -0.2) is 0 Å². The molecular weight excluding hydrogens is 453 g/mol. The number of halogens is 2. The second-order valence-electron chi connectivity index (χ2n) is 7.43. The first-order valence-electron chi connectivity index (χ1n) is 9.56. The SMILES string of the molecule is CC(C)C(C)(C#N)NC(=O)CSc1nnc(-c2ccc(Cl)cc2)n1-c1ccc(Cl)cc1. The molecule has 0 aliphatic heterocycles. The number of nitrogens with zero attached hydrogens (tertiary/aromatic N) is 4. The highest BCUT2D eigenvalue weighted by Gasteiger charge is 2.30. The summed E-state index contributed by atoms with van der Waals surface area (Å²) < 4.78 is 1.86. The zero-order valence-corrected chi connectivity index (χ0v) is 19.6. The van der Waals surface area contributed by atoms with Crippen LogP contribution in [0.25, 0.3) is 17.1 Å². The summed E-state index contributed by atoms with van der Waals surface area (Å²) in [4.78, 5) is 12.5. The average molecular weight is 474 g/mol. The highest BCUT2D eigenvalue weighted by atomic mass is 35.5. The third kappa shape index (κ3) is 5.40. The van der Waals surface area contributed by atoms with E-state index >= 15 is 0 Å². The number of carbonyl (C=O) groups is 1. The van der Waals surface area contributed by atoms with Crippen molar-refractivity contribution in [3.8, 4) is 23.1 Å². The van der Waals surface area contributed by atoms with Crippen LogP contribution in [0.4, 0.5) is 0 Å². The molecule has 0 aliphatic rings. The van der Waals surface area contributed by atoms with Crippen molar-refractivity contribution >= 4 is 40.9 Å². The number of carbonyl (C=O) groups excluding carboxylic acids is 1. The molecule has 1 amide bonds. The summed E-state index contributed by atoms with van der Waals surface area (Å²) in [6.07, 6.45) is 0. The van der Waals surface area contributed by atoms with Gasteiger partial charge in [-0.1, -0.05) is 48.8 Å². The molecule has 0 spiro atoms. The topological polar surface area (TPSA) is 83.6 Å². The van der Waals surface area contributed by atoms with Gasteiger partial charge in [-0.2, -0.15) is 5.26 Å². The van der Waals surface area contributed by atoms with Crippen LogP contribution in [0.2, 0.25) is 10.0 Å². The highest BCUT2D eigenvalue weighted by Crippen LogP contribution is 2.29. The Balaban J connectivity index is 1.90. The molecule has 1 N–H and O–H groups in total. The summed E-state index contributed by atoms with van der Waals surface area (Å²) in [5.74, 6) is 0.434. The second-order valence-corrected chi connectivity index (χ2v) is 9.25. The smallest absolute Gasteiger partial charge is 0.231 e. The van der Waals surface area contributed by atoms with Crippen molar-refractivity contribution in [3.05, 3.63) is 58.6 Å². The molecule has 2 aromatic carbocycles. The Labute approximate surface area is 195 Å². The lowest BCUT2D eigenvalue weighted by Gasteiger charge is -2.27. The fraction of sp³-hybridized carbons (Fsp3) is 0.273. The normalized spacial score (nSPS) is 12.9. The van der Waals surface area contributed by atoms with Crippen molar-refractivity contribution < 1.29 is 4.79 Å². The van der Waals surface area contributed by atoms with Crippen LogP contribution in [0.5, 0.6) is 0 Å². The van der Waals surface area contributed by atoms with Crippen LogP contribution in [0.3, 0.4) is 0 Å². The van der Waals surface area contributed by atoms with Gasteiger partial charge in [0.15, 0.2) is 11.0 Å². The van der Waals surface area contributed by atoms with E-state index in [4.69, 9.17) is 23.2 Å². The minimum Gasteiger partial charge on any atom is -0.337 e. The highest BCUT2D eigenvalue weighted by molar-refractivity contribution is 7.99. The van der Waals surface area contributed by atoms with Crippen LogP contribution in [0.1, 0.15) is 20.8 Å². The number of thioether (sulfide) groups is 1. The minimum atomic E-state index is -0.935. The lowest BCUT2D eigenvalue weighted by atomic mass is 9.90. The third-order valence-corrected chi connectivity index (χ3v) is 6.37. The van der Waals surface area contributed by atoms with Crippen LogP contribution >= 0.6 is 35.0 Å². The molecule has 0 bridgehead atoms. The van der Waals surface area contributed by atoms with Crippen molar-refractivity contribution in [1.29, 1.82) is 5.26 Å². The Morgan fingerprint density at radius 1 is 1.13 bits per heavy atom. The van der Waals surface area contributed by atoms with Gasteiger partial charge in [0, 0.05) is 21.3 Å². The Kier molecular flexibility index (Phi) is 7.26. The lowest BCUT2D eigenvalue weighted by Crippen LogP contribution is -2.49. The Morgan fingerprint density at radius 2 is 1.71 bits per heavy atom. The van der Waals surface area contributed by atoms with Gasteiger partial charge in [0.2, 0.25) is 5.91 Å². The van der Waals surface area contributed by atoms with Gasteiger partial charge >= 0.3 is 0 Å². The van der Waals surface area contributed by atoms with E-state index in [0.29, 0.717) is 21.0 Å². The van der Waals surface area contributed by atoms with Crippen molar-refractivity contribution in [1.82, 2.24) is 20.1 Å². The molecule has 9 heteroatoms. The van der Waals surface area contributed by atoms with Crippen LogP contribution in [-0.4, -0.2) is 32.0 Å². The molecule has 1 aromatic heterocycles. The molecule has 3 rings (SSSR count). The maximum absolute atomic E-state index is 12.5. The molecule has 1 unspecified atom stereocenters. The fourth-order valence-corrected chi connectivity index (χ4v) is 3.73. The maximum Gasteiger partial charge on any atom is 0.231 e. The molecule has 1 atom stereocenters. The summed E-state index contributed by atoms with van der Waals surface area (Å²) in [5.41, 5.74) is 0.710. The van der Waals surface area contributed by atoms with E-state index in [-0.39, 0.29) is 17.6 Å². The molecule has 0 radical (unpaired) electrons. The fourth-order valence-electron chi connectivity index (χ4n) is 2.73. The molecule has 0 saturated carbocycles. The predicted molar refractivity (Wildman–Crippen MR) is 125 cm³/mol. The summed E-state index contributed by atoms with van der Waals surface area (Å²) in [6, 6.07) is 16.8. The quantitative estimate of drug-likeness (QED) is 0.465. The number of nitriles is 1. The number of aromatic nitrogens is 3. The maximum atomic E-state index is 12.5. The summed E-state index contributed by atoms with van der Waals surface area (Å²) in [7, 11) is 0. The summed E-state index contributed by atoms with van der Waals surface area (Å²) in [5, 5.41) is 22.7. The number of hydrogen-bond acceptors (Lipinski definition) is 5. The lowest BCUT2D eigenvalue weighted by molar-refractivity contribution is -0.120. The van der Waals surface area contributed by atoms with Crippen LogP contribution in [0.15, 0.2) is 53.7 Å². The number of nitrogens with one attached hydrogen (secondary N) is 1. The Hall–Kier alpha value is -2.53. The zero-order chi connectivity index (χ0) is 22.6. The summed E-state index contributed by atoms with van der Waals surface area (Å²) >= 11 is 13.3.